The molecule has 0 fully saturated rings. The lowest BCUT2D eigenvalue weighted by molar-refractivity contribution is 0.0955. The molecule has 6 heteroatoms. The summed E-state index contributed by atoms with van der Waals surface area (Å²) in [5.41, 5.74) is 2.98. The van der Waals surface area contributed by atoms with Crippen molar-refractivity contribution in [3.05, 3.63) is 52.5 Å². The van der Waals surface area contributed by atoms with Gasteiger partial charge in [0.1, 0.15) is 0 Å². The highest BCUT2D eigenvalue weighted by molar-refractivity contribution is 7.27. The summed E-state index contributed by atoms with van der Waals surface area (Å²) in [6.45, 7) is 0. The summed E-state index contributed by atoms with van der Waals surface area (Å²) in [6.07, 6.45) is 4.79. The second-order valence-corrected chi connectivity index (χ2v) is 5.80. The Morgan fingerprint density at radius 1 is 1.37 bits per heavy atom. The van der Waals surface area contributed by atoms with E-state index in [0.29, 0.717) is 5.56 Å². The first-order chi connectivity index (χ1) is 9.33. The topological polar surface area (TPSA) is 54.4 Å². The quantitative estimate of drug-likeness (QED) is 0.594. The molecule has 0 unspecified atom stereocenters. The molecule has 0 saturated carbocycles. The van der Waals surface area contributed by atoms with Crippen molar-refractivity contribution in [2.75, 3.05) is 0 Å². The Kier molecular flexibility index (Phi) is 3.35. The minimum absolute atomic E-state index is 0.261. The van der Waals surface area contributed by atoms with Crippen LogP contribution in [-0.2, 0) is 0 Å². The Labute approximate surface area is 117 Å². The molecule has 3 heterocycles. The molecule has 0 atom stereocenters. The van der Waals surface area contributed by atoms with Gasteiger partial charge in [-0.1, -0.05) is 0 Å². The molecule has 0 aliphatic heterocycles. The van der Waals surface area contributed by atoms with Gasteiger partial charge in [0, 0.05) is 26.7 Å². The number of pyridine rings is 1. The Morgan fingerprint density at radius 2 is 2.32 bits per heavy atom. The second kappa shape index (κ2) is 5.29. The van der Waals surface area contributed by atoms with Crippen LogP contribution in [0.2, 0.25) is 0 Å². The van der Waals surface area contributed by atoms with Crippen LogP contribution in [0.15, 0.2) is 47.1 Å². The van der Waals surface area contributed by atoms with Crippen molar-refractivity contribution in [1.82, 2.24) is 10.4 Å². The van der Waals surface area contributed by atoms with Crippen molar-refractivity contribution >= 4 is 44.2 Å². The van der Waals surface area contributed by atoms with Gasteiger partial charge in [-0.25, -0.2) is 5.43 Å². The molecule has 3 rings (SSSR count). The molecule has 4 nitrogen and oxygen atoms in total. The smallest absolute Gasteiger partial charge is 0.267 e. The fraction of sp³-hybridized carbons (Fsp3) is 0. The number of nitrogens with zero attached hydrogens (tertiary/aromatic N) is 2. The highest BCUT2D eigenvalue weighted by atomic mass is 32.1. The van der Waals surface area contributed by atoms with E-state index in [9.17, 15) is 4.79 Å². The zero-order valence-electron chi connectivity index (χ0n) is 9.74. The number of hydrazone groups is 1. The average Bonchev–Trinajstić information content (AvgIpc) is 3.00. The Hall–Kier alpha value is -2.05. The van der Waals surface area contributed by atoms with Gasteiger partial charge in [-0.3, -0.25) is 9.78 Å². The van der Waals surface area contributed by atoms with Crippen LogP contribution in [0.3, 0.4) is 0 Å². The molecule has 0 aromatic carbocycles. The lowest BCUT2D eigenvalue weighted by atomic mass is 10.3. The van der Waals surface area contributed by atoms with E-state index in [0.717, 1.165) is 4.88 Å². The first-order valence-electron chi connectivity index (χ1n) is 5.53. The summed E-state index contributed by atoms with van der Waals surface area (Å²) in [4.78, 5) is 16.6. The summed E-state index contributed by atoms with van der Waals surface area (Å²) in [5.74, 6) is -0.261. The van der Waals surface area contributed by atoms with E-state index >= 15 is 0 Å². The number of amides is 1. The molecule has 0 spiro atoms. The number of fused-ring (bicyclic) bond motifs is 1. The van der Waals surface area contributed by atoms with Gasteiger partial charge in [0.2, 0.25) is 0 Å². The summed E-state index contributed by atoms with van der Waals surface area (Å²) < 4.78 is 2.48. The lowest BCUT2D eigenvalue weighted by Gasteiger charge is -1.97. The van der Waals surface area contributed by atoms with Gasteiger partial charge in [-0.15, -0.1) is 22.7 Å². The van der Waals surface area contributed by atoms with Crippen LogP contribution in [0.5, 0.6) is 0 Å². The van der Waals surface area contributed by atoms with E-state index in [1.807, 2.05) is 0 Å². The molecule has 0 aliphatic rings. The molecular weight excluding hydrogens is 278 g/mol. The minimum atomic E-state index is -0.261. The molecule has 19 heavy (non-hydrogen) atoms. The molecule has 0 bridgehead atoms. The second-order valence-electron chi connectivity index (χ2n) is 3.74. The Bertz CT molecular complexity index is 702. The Morgan fingerprint density at radius 3 is 3.11 bits per heavy atom. The van der Waals surface area contributed by atoms with E-state index < -0.39 is 0 Å². The third-order valence-corrected chi connectivity index (χ3v) is 4.47. The fourth-order valence-electron chi connectivity index (χ4n) is 1.56. The number of hydrogen-bond acceptors (Lipinski definition) is 5. The average molecular weight is 287 g/mol. The van der Waals surface area contributed by atoms with Gasteiger partial charge in [-0.05, 0) is 29.6 Å². The number of hydrogen-bond donors (Lipinski definition) is 1. The maximum absolute atomic E-state index is 11.7. The number of carbonyl (C=O) groups excluding carboxylic acids is 1. The summed E-state index contributed by atoms with van der Waals surface area (Å²) in [5, 5.41) is 6.02. The predicted octanol–water partition coefficient (Wildman–Crippen LogP) is 3.12. The van der Waals surface area contributed by atoms with Gasteiger partial charge in [0.05, 0.1) is 11.8 Å². The summed E-state index contributed by atoms with van der Waals surface area (Å²) in [7, 11) is 0. The standard InChI is InChI=1S/C13H9N3OS2/c17-13(9-2-1-4-14-7-9)16-15-8-10-6-12-11(19-10)3-5-18-12/h1-8H,(H,16,17). The highest BCUT2D eigenvalue weighted by Gasteiger charge is 2.03. The summed E-state index contributed by atoms with van der Waals surface area (Å²) >= 11 is 3.35. The van der Waals surface area contributed by atoms with E-state index in [4.69, 9.17) is 0 Å². The molecule has 0 radical (unpaired) electrons. The molecule has 1 amide bonds. The van der Waals surface area contributed by atoms with Gasteiger partial charge in [0.25, 0.3) is 5.91 Å². The van der Waals surface area contributed by atoms with Gasteiger partial charge >= 0.3 is 0 Å². The zero-order valence-corrected chi connectivity index (χ0v) is 11.4. The van der Waals surface area contributed by atoms with Crippen molar-refractivity contribution < 1.29 is 4.79 Å². The van der Waals surface area contributed by atoms with Gasteiger partial charge in [-0.2, -0.15) is 5.10 Å². The van der Waals surface area contributed by atoms with E-state index in [1.54, 1.807) is 47.2 Å². The van der Waals surface area contributed by atoms with Crippen LogP contribution in [0.25, 0.3) is 9.40 Å². The van der Waals surface area contributed by atoms with Crippen molar-refractivity contribution in [3.8, 4) is 0 Å². The third kappa shape index (κ3) is 2.69. The lowest BCUT2D eigenvalue weighted by Crippen LogP contribution is -2.17. The van der Waals surface area contributed by atoms with Crippen LogP contribution >= 0.6 is 22.7 Å². The monoisotopic (exact) mass is 287 g/mol. The first kappa shape index (κ1) is 12.0. The van der Waals surface area contributed by atoms with Crippen LogP contribution in [0, 0.1) is 0 Å². The van der Waals surface area contributed by atoms with Crippen LogP contribution in [0.1, 0.15) is 15.2 Å². The maximum Gasteiger partial charge on any atom is 0.272 e. The SMILES string of the molecule is O=C(NN=Cc1cc2sccc2s1)c1cccnc1. The van der Waals surface area contributed by atoms with Crippen LogP contribution in [-0.4, -0.2) is 17.1 Å². The molecule has 3 aromatic rings. The number of carbonyl (C=O) groups is 1. The largest absolute Gasteiger partial charge is 0.272 e. The normalized spacial score (nSPS) is 11.2. The van der Waals surface area contributed by atoms with Crippen LogP contribution in [0.4, 0.5) is 0 Å². The van der Waals surface area contributed by atoms with Crippen LogP contribution < -0.4 is 5.43 Å². The molecule has 0 saturated heterocycles. The number of aromatic nitrogens is 1. The first-order valence-corrected chi connectivity index (χ1v) is 7.23. The molecule has 0 aliphatic carbocycles. The van der Waals surface area contributed by atoms with E-state index in [-0.39, 0.29) is 5.91 Å². The van der Waals surface area contributed by atoms with Crippen molar-refractivity contribution in [2.24, 2.45) is 5.10 Å². The van der Waals surface area contributed by atoms with Gasteiger partial charge < -0.3 is 0 Å². The number of nitrogens with one attached hydrogen (secondary N) is 1. The molecule has 1 N–H and O–H groups in total. The number of thiophene rings is 2. The van der Waals surface area contributed by atoms with Crippen molar-refractivity contribution in [2.45, 2.75) is 0 Å². The number of rotatable bonds is 3. The third-order valence-electron chi connectivity index (χ3n) is 2.44. The molecule has 94 valence electrons. The van der Waals surface area contributed by atoms with Crippen molar-refractivity contribution in [3.63, 3.8) is 0 Å². The molecular formula is C13H9N3OS2. The Balaban J connectivity index is 1.67. The highest BCUT2D eigenvalue weighted by Crippen LogP contribution is 2.28. The summed E-state index contributed by atoms with van der Waals surface area (Å²) in [6, 6.07) is 7.55. The maximum atomic E-state index is 11.7. The van der Waals surface area contributed by atoms with E-state index in [1.165, 1.54) is 15.6 Å². The minimum Gasteiger partial charge on any atom is -0.267 e. The van der Waals surface area contributed by atoms with Crippen molar-refractivity contribution in [1.29, 1.82) is 0 Å². The zero-order chi connectivity index (χ0) is 13.1. The predicted molar refractivity (Wildman–Crippen MR) is 79.0 cm³/mol. The van der Waals surface area contributed by atoms with E-state index in [2.05, 4.69) is 33.0 Å². The molecule has 3 aromatic heterocycles. The van der Waals surface area contributed by atoms with Gasteiger partial charge in [0.15, 0.2) is 0 Å². The fourth-order valence-corrected chi connectivity index (χ4v) is 3.56.